The zero-order chi connectivity index (χ0) is 20.3. The van der Waals surface area contributed by atoms with E-state index in [9.17, 15) is 4.79 Å². The molecule has 4 nitrogen and oxygen atoms in total. The number of nitrogens with zero attached hydrogens (tertiary/aromatic N) is 1. The Bertz CT molecular complexity index is 882. The van der Waals surface area contributed by atoms with E-state index in [-0.39, 0.29) is 12.5 Å². The second kappa shape index (κ2) is 10.9. The van der Waals surface area contributed by atoms with Crippen LogP contribution < -0.4 is 15.0 Å². The Balaban J connectivity index is 1.52. The highest BCUT2D eigenvalue weighted by Crippen LogP contribution is 2.24. The molecule has 3 rings (SSSR count). The van der Waals surface area contributed by atoms with Crippen LogP contribution in [0, 0.1) is 0 Å². The summed E-state index contributed by atoms with van der Waals surface area (Å²) in [7, 11) is 0. The van der Waals surface area contributed by atoms with Crippen molar-refractivity contribution in [1.29, 1.82) is 0 Å². The van der Waals surface area contributed by atoms with Crippen LogP contribution in [0.15, 0.2) is 84.9 Å². The van der Waals surface area contributed by atoms with Gasteiger partial charge in [0, 0.05) is 12.2 Å². The highest BCUT2D eigenvalue weighted by molar-refractivity contribution is 5.96. The first-order valence-corrected chi connectivity index (χ1v) is 10.1. The van der Waals surface area contributed by atoms with Gasteiger partial charge in [0.25, 0.3) is 0 Å². The number of aryl methyl sites for hydroxylation is 1. The number of rotatable bonds is 10. The molecule has 1 amide bonds. The monoisotopic (exact) mass is 388 g/mol. The van der Waals surface area contributed by atoms with E-state index in [0.717, 1.165) is 30.0 Å². The van der Waals surface area contributed by atoms with Crippen molar-refractivity contribution < 1.29 is 9.53 Å². The van der Waals surface area contributed by atoms with Gasteiger partial charge in [0.1, 0.15) is 5.75 Å². The van der Waals surface area contributed by atoms with E-state index < -0.39 is 0 Å². The van der Waals surface area contributed by atoms with Crippen molar-refractivity contribution in [3.8, 4) is 5.75 Å². The Labute approximate surface area is 173 Å². The van der Waals surface area contributed by atoms with Crippen molar-refractivity contribution in [3.63, 3.8) is 0 Å². The first kappa shape index (κ1) is 20.5. The van der Waals surface area contributed by atoms with Crippen molar-refractivity contribution >= 4 is 17.3 Å². The molecular weight excluding hydrogens is 360 g/mol. The summed E-state index contributed by atoms with van der Waals surface area (Å²) in [5.74, 6) is 0.800. The van der Waals surface area contributed by atoms with E-state index in [4.69, 9.17) is 4.74 Å². The predicted molar refractivity (Wildman–Crippen MR) is 120 cm³/mol. The van der Waals surface area contributed by atoms with E-state index in [1.807, 2.05) is 67.6 Å². The Hall–Kier alpha value is -3.27. The summed E-state index contributed by atoms with van der Waals surface area (Å²) < 4.78 is 5.98. The normalized spacial score (nSPS) is 10.4. The molecule has 0 unspecified atom stereocenters. The van der Waals surface area contributed by atoms with Crippen LogP contribution in [0.3, 0.4) is 0 Å². The third kappa shape index (κ3) is 6.11. The molecular formula is C25H28N2O2. The highest BCUT2D eigenvalue weighted by Gasteiger charge is 2.14. The molecule has 0 radical (unpaired) electrons. The van der Waals surface area contributed by atoms with Crippen molar-refractivity contribution in [2.75, 3.05) is 29.9 Å². The fourth-order valence-corrected chi connectivity index (χ4v) is 3.22. The molecule has 0 aliphatic carbocycles. The Morgan fingerprint density at radius 2 is 1.55 bits per heavy atom. The molecule has 0 aromatic heterocycles. The molecule has 0 bridgehead atoms. The van der Waals surface area contributed by atoms with Crippen molar-refractivity contribution in [2.24, 2.45) is 0 Å². The number of para-hydroxylation sites is 3. The maximum Gasteiger partial charge on any atom is 0.246 e. The van der Waals surface area contributed by atoms with Crippen molar-refractivity contribution in [1.82, 2.24) is 0 Å². The van der Waals surface area contributed by atoms with Crippen LogP contribution in [0.5, 0.6) is 5.75 Å². The molecule has 1 N–H and O–H groups in total. The second-order valence-electron chi connectivity index (χ2n) is 6.76. The molecule has 0 saturated heterocycles. The van der Waals surface area contributed by atoms with Gasteiger partial charge in [-0.25, -0.2) is 0 Å². The number of carbonyl (C=O) groups excluding carboxylic acids is 1. The minimum absolute atomic E-state index is 0.0255. The first-order valence-electron chi connectivity index (χ1n) is 10.1. The number of carbonyl (C=O) groups is 1. The molecule has 0 fully saturated rings. The van der Waals surface area contributed by atoms with Crippen LogP contribution in [0.25, 0.3) is 0 Å². The van der Waals surface area contributed by atoms with Crippen LogP contribution in [0.2, 0.25) is 0 Å². The van der Waals surface area contributed by atoms with E-state index in [0.29, 0.717) is 13.2 Å². The number of anilines is 2. The molecule has 0 aliphatic rings. The van der Waals surface area contributed by atoms with Gasteiger partial charge in [-0.1, -0.05) is 60.7 Å². The lowest BCUT2D eigenvalue weighted by molar-refractivity contribution is -0.116. The summed E-state index contributed by atoms with van der Waals surface area (Å²) in [5.41, 5.74) is 3.06. The average Bonchev–Trinajstić information content (AvgIpc) is 2.78. The van der Waals surface area contributed by atoms with Gasteiger partial charge < -0.3 is 15.0 Å². The number of benzene rings is 3. The number of amides is 1. The molecule has 0 aliphatic heterocycles. The number of ether oxygens (including phenoxy) is 1. The summed E-state index contributed by atoms with van der Waals surface area (Å²) in [6.45, 7) is 3.45. The molecule has 3 aromatic rings. The Morgan fingerprint density at radius 3 is 2.28 bits per heavy atom. The van der Waals surface area contributed by atoms with Crippen LogP contribution >= 0.6 is 0 Å². The fraction of sp³-hybridized carbons (Fsp3) is 0.240. The molecule has 150 valence electrons. The largest absolute Gasteiger partial charge is 0.491 e. The quantitative estimate of drug-likeness (QED) is 0.488. The molecule has 0 spiro atoms. The third-order valence-corrected chi connectivity index (χ3v) is 4.71. The number of nitrogens with one attached hydrogen (secondary N) is 1. The van der Waals surface area contributed by atoms with Gasteiger partial charge in [0.05, 0.1) is 18.8 Å². The van der Waals surface area contributed by atoms with Gasteiger partial charge >= 0.3 is 0 Å². The van der Waals surface area contributed by atoms with Gasteiger partial charge in [0.15, 0.2) is 0 Å². The second-order valence-corrected chi connectivity index (χ2v) is 6.76. The summed E-state index contributed by atoms with van der Waals surface area (Å²) in [4.78, 5) is 14.5. The zero-order valence-corrected chi connectivity index (χ0v) is 16.9. The Morgan fingerprint density at radius 1 is 0.897 bits per heavy atom. The van der Waals surface area contributed by atoms with Gasteiger partial charge in [-0.05, 0) is 49.6 Å². The van der Waals surface area contributed by atoms with E-state index >= 15 is 0 Å². The number of hydrogen-bond donors (Lipinski definition) is 1. The summed E-state index contributed by atoms with van der Waals surface area (Å²) in [5, 5.41) is 3.24. The van der Waals surface area contributed by atoms with Crippen molar-refractivity contribution in [3.05, 3.63) is 90.5 Å². The third-order valence-electron chi connectivity index (χ3n) is 4.71. The van der Waals surface area contributed by atoms with Crippen molar-refractivity contribution in [2.45, 2.75) is 19.8 Å². The molecule has 0 saturated carbocycles. The van der Waals surface area contributed by atoms with Crippen LogP contribution in [0.4, 0.5) is 11.4 Å². The highest BCUT2D eigenvalue weighted by atomic mass is 16.5. The molecule has 4 heteroatoms. The van der Waals surface area contributed by atoms with Crippen LogP contribution in [-0.4, -0.2) is 25.6 Å². The van der Waals surface area contributed by atoms with Gasteiger partial charge in [-0.15, -0.1) is 0 Å². The summed E-state index contributed by atoms with van der Waals surface area (Å²) in [6.07, 6.45) is 1.92. The number of likely N-dealkylation sites (N-methyl/N-ethyl adjacent to an activating group) is 1. The lowest BCUT2D eigenvalue weighted by Gasteiger charge is -2.22. The zero-order valence-electron chi connectivity index (χ0n) is 16.9. The summed E-state index contributed by atoms with van der Waals surface area (Å²) >= 11 is 0. The lowest BCUT2D eigenvalue weighted by Crippen LogP contribution is -2.35. The Kier molecular flexibility index (Phi) is 7.70. The van der Waals surface area contributed by atoms with Gasteiger partial charge in [0.2, 0.25) is 5.91 Å². The maximum absolute atomic E-state index is 12.7. The van der Waals surface area contributed by atoms with Crippen LogP contribution in [-0.2, 0) is 11.2 Å². The van der Waals surface area contributed by atoms with Gasteiger partial charge in [-0.3, -0.25) is 4.79 Å². The predicted octanol–water partition coefficient (Wildman–Crippen LogP) is 5.16. The minimum Gasteiger partial charge on any atom is -0.491 e. The lowest BCUT2D eigenvalue weighted by atomic mass is 10.1. The SMILES string of the molecule is CCN(C(=O)CNc1ccccc1OCCCc1ccccc1)c1ccccc1. The van der Waals surface area contributed by atoms with Gasteiger partial charge in [-0.2, -0.15) is 0 Å². The van der Waals surface area contributed by atoms with E-state index in [1.54, 1.807) is 4.90 Å². The smallest absolute Gasteiger partial charge is 0.246 e. The fourth-order valence-electron chi connectivity index (χ4n) is 3.22. The van der Waals surface area contributed by atoms with E-state index in [2.05, 4.69) is 29.6 Å². The molecule has 29 heavy (non-hydrogen) atoms. The molecule has 3 aromatic carbocycles. The van der Waals surface area contributed by atoms with Crippen LogP contribution in [0.1, 0.15) is 18.9 Å². The first-order chi connectivity index (χ1) is 14.3. The maximum atomic E-state index is 12.7. The average molecular weight is 389 g/mol. The number of hydrogen-bond acceptors (Lipinski definition) is 3. The van der Waals surface area contributed by atoms with E-state index in [1.165, 1.54) is 5.56 Å². The molecule has 0 heterocycles. The standard InChI is InChI=1S/C25H28N2O2/c1-2-27(22-15-7-4-8-16-22)25(28)20-26-23-17-9-10-18-24(23)29-19-11-14-21-12-5-3-6-13-21/h3-10,12-13,15-18,26H,2,11,14,19-20H2,1H3. The minimum atomic E-state index is 0.0255. The topological polar surface area (TPSA) is 41.6 Å². The molecule has 0 atom stereocenters. The summed E-state index contributed by atoms with van der Waals surface area (Å²) in [6, 6.07) is 27.9.